The fourth-order valence-electron chi connectivity index (χ4n) is 3.00. The van der Waals surface area contributed by atoms with Crippen LogP contribution in [0.15, 0.2) is 0 Å². The van der Waals surface area contributed by atoms with E-state index in [1.165, 1.54) is 12.8 Å². The van der Waals surface area contributed by atoms with Crippen molar-refractivity contribution in [1.29, 1.82) is 0 Å². The minimum atomic E-state index is -0.128. The lowest BCUT2D eigenvalue weighted by Gasteiger charge is -2.59. The van der Waals surface area contributed by atoms with Crippen LogP contribution in [0.3, 0.4) is 0 Å². The van der Waals surface area contributed by atoms with E-state index in [4.69, 9.17) is 9.57 Å². The van der Waals surface area contributed by atoms with Gasteiger partial charge >= 0.3 is 0 Å². The number of hydroxylamine groups is 1. The van der Waals surface area contributed by atoms with Crippen LogP contribution in [-0.4, -0.2) is 24.4 Å². The maximum absolute atomic E-state index is 5.86. The predicted molar refractivity (Wildman–Crippen MR) is 64.0 cm³/mol. The Balaban J connectivity index is 1.94. The molecule has 0 aromatic carbocycles. The lowest BCUT2D eigenvalue weighted by molar-refractivity contribution is -0.235. The van der Waals surface area contributed by atoms with Crippen LogP contribution in [0.25, 0.3) is 0 Å². The molecule has 0 aromatic heterocycles. The van der Waals surface area contributed by atoms with E-state index in [9.17, 15) is 0 Å². The molecular formula is C13H25NO2. The van der Waals surface area contributed by atoms with E-state index < -0.39 is 0 Å². The molecule has 0 radical (unpaired) electrons. The van der Waals surface area contributed by atoms with E-state index in [0.29, 0.717) is 18.1 Å². The summed E-state index contributed by atoms with van der Waals surface area (Å²) in [6.07, 6.45) is 2.87. The van der Waals surface area contributed by atoms with E-state index in [1.807, 2.05) is 0 Å². The molecule has 94 valence electrons. The van der Waals surface area contributed by atoms with Gasteiger partial charge in [-0.15, -0.1) is 0 Å². The quantitative estimate of drug-likeness (QED) is 0.735. The summed E-state index contributed by atoms with van der Waals surface area (Å²) in [6.45, 7) is 11.7. The Labute approximate surface area is 98.8 Å². The smallest absolute Gasteiger partial charge is 0.0813 e. The Bertz CT molecular complexity index is 257. The average Bonchev–Trinajstić information content (AvgIpc) is 2.16. The first-order valence-electron chi connectivity index (χ1n) is 6.37. The van der Waals surface area contributed by atoms with Crippen molar-refractivity contribution in [2.45, 2.75) is 65.2 Å². The number of ether oxygens (including phenoxy) is 1. The maximum Gasteiger partial charge on any atom is 0.0813 e. The van der Waals surface area contributed by atoms with E-state index in [0.717, 1.165) is 6.61 Å². The molecule has 1 N–H and O–H groups in total. The summed E-state index contributed by atoms with van der Waals surface area (Å²) in [5, 5.41) is 0. The number of fused-ring (bicyclic) bond motifs is 1. The molecule has 0 bridgehead atoms. The van der Waals surface area contributed by atoms with Crippen LogP contribution in [0.1, 0.15) is 47.5 Å². The van der Waals surface area contributed by atoms with Gasteiger partial charge in [-0.05, 0) is 33.6 Å². The summed E-state index contributed by atoms with van der Waals surface area (Å²) in [4.78, 5) is 5.71. The highest BCUT2D eigenvalue weighted by Crippen LogP contribution is 2.51. The standard InChI is InChI=1S/C13H25NO2/c1-12(2,3)16-14-10-9-7-6-8-15-11(9)13(10,4)5/h9-11,14H,6-8H2,1-5H3. The van der Waals surface area contributed by atoms with Crippen LogP contribution < -0.4 is 5.48 Å². The number of nitrogens with one attached hydrogen (secondary N) is 1. The van der Waals surface area contributed by atoms with Gasteiger partial charge in [-0.25, -0.2) is 0 Å². The Morgan fingerprint density at radius 1 is 1.31 bits per heavy atom. The SMILES string of the molecule is CC(C)(C)ONC1C2CCCOC2C1(C)C. The van der Waals surface area contributed by atoms with Crippen LogP contribution in [0.5, 0.6) is 0 Å². The molecule has 2 aliphatic rings. The zero-order valence-corrected chi connectivity index (χ0v) is 11.2. The van der Waals surface area contributed by atoms with Crippen LogP contribution in [0, 0.1) is 11.3 Å². The number of rotatable bonds is 2. The third-order valence-corrected chi connectivity index (χ3v) is 3.82. The zero-order valence-electron chi connectivity index (χ0n) is 11.2. The van der Waals surface area contributed by atoms with Crippen molar-refractivity contribution in [1.82, 2.24) is 5.48 Å². The molecule has 1 heterocycles. The van der Waals surface area contributed by atoms with Gasteiger partial charge in [0.15, 0.2) is 0 Å². The van der Waals surface area contributed by atoms with Crippen molar-refractivity contribution in [3.63, 3.8) is 0 Å². The molecule has 0 aromatic rings. The second kappa shape index (κ2) is 3.97. The number of hydrogen-bond acceptors (Lipinski definition) is 3. The largest absolute Gasteiger partial charge is 0.377 e. The van der Waals surface area contributed by atoms with Gasteiger partial charge in [0, 0.05) is 24.0 Å². The summed E-state index contributed by atoms with van der Waals surface area (Å²) in [7, 11) is 0. The summed E-state index contributed by atoms with van der Waals surface area (Å²) < 4.78 is 5.86. The molecule has 3 unspecified atom stereocenters. The Kier molecular flexibility index (Phi) is 3.06. The molecule has 3 nitrogen and oxygen atoms in total. The first-order valence-corrected chi connectivity index (χ1v) is 6.37. The maximum atomic E-state index is 5.86. The predicted octanol–water partition coefficient (Wildman–Crippen LogP) is 2.51. The molecule has 1 saturated carbocycles. The molecule has 2 rings (SSSR count). The fraction of sp³-hybridized carbons (Fsp3) is 1.00. The van der Waals surface area contributed by atoms with Crippen molar-refractivity contribution in [3.8, 4) is 0 Å². The third kappa shape index (κ3) is 2.13. The van der Waals surface area contributed by atoms with Gasteiger partial charge in [0.2, 0.25) is 0 Å². The summed E-state index contributed by atoms with van der Waals surface area (Å²) in [5.41, 5.74) is 3.33. The van der Waals surface area contributed by atoms with Crippen molar-refractivity contribution in [2.24, 2.45) is 11.3 Å². The van der Waals surface area contributed by atoms with Crippen molar-refractivity contribution >= 4 is 0 Å². The normalized spacial score (nSPS) is 37.7. The minimum Gasteiger partial charge on any atom is -0.377 e. The Morgan fingerprint density at radius 3 is 2.62 bits per heavy atom. The Morgan fingerprint density at radius 2 is 2.00 bits per heavy atom. The summed E-state index contributed by atoms with van der Waals surface area (Å²) in [5.74, 6) is 0.631. The molecule has 1 aliphatic carbocycles. The monoisotopic (exact) mass is 227 g/mol. The van der Waals surface area contributed by atoms with Gasteiger partial charge in [-0.1, -0.05) is 13.8 Å². The van der Waals surface area contributed by atoms with E-state index in [2.05, 4.69) is 40.1 Å². The zero-order chi connectivity index (χ0) is 12.0. The lowest BCUT2D eigenvalue weighted by atomic mass is 9.55. The van der Waals surface area contributed by atoms with Crippen LogP contribution >= 0.6 is 0 Å². The van der Waals surface area contributed by atoms with Gasteiger partial charge in [-0.3, -0.25) is 4.84 Å². The van der Waals surface area contributed by atoms with Gasteiger partial charge in [0.1, 0.15) is 0 Å². The van der Waals surface area contributed by atoms with Crippen LogP contribution in [-0.2, 0) is 9.57 Å². The Hall–Kier alpha value is -0.120. The van der Waals surface area contributed by atoms with Crippen molar-refractivity contribution in [2.75, 3.05) is 6.61 Å². The van der Waals surface area contributed by atoms with Gasteiger partial charge < -0.3 is 4.74 Å². The lowest BCUT2D eigenvalue weighted by Crippen LogP contribution is -2.69. The first kappa shape index (κ1) is 12.3. The molecule has 2 fully saturated rings. The summed E-state index contributed by atoms with van der Waals surface area (Å²) >= 11 is 0. The first-order chi connectivity index (χ1) is 7.32. The minimum absolute atomic E-state index is 0.128. The highest BCUT2D eigenvalue weighted by atomic mass is 16.7. The molecule has 1 aliphatic heterocycles. The molecule has 3 heteroatoms. The number of hydrogen-bond donors (Lipinski definition) is 1. The van der Waals surface area contributed by atoms with Crippen LogP contribution in [0.4, 0.5) is 0 Å². The van der Waals surface area contributed by atoms with Gasteiger partial charge in [0.05, 0.1) is 11.7 Å². The van der Waals surface area contributed by atoms with E-state index in [1.54, 1.807) is 0 Å². The van der Waals surface area contributed by atoms with Crippen molar-refractivity contribution < 1.29 is 9.57 Å². The topological polar surface area (TPSA) is 30.5 Å². The van der Waals surface area contributed by atoms with Gasteiger partial charge in [-0.2, -0.15) is 5.48 Å². The average molecular weight is 227 g/mol. The molecule has 0 spiro atoms. The second-order valence-electron chi connectivity index (χ2n) is 6.73. The highest BCUT2D eigenvalue weighted by Gasteiger charge is 2.58. The van der Waals surface area contributed by atoms with E-state index >= 15 is 0 Å². The van der Waals surface area contributed by atoms with Gasteiger partial charge in [0.25, 0.3) is 0 Å². The van der Waals surface area contributed by atoms with Crippen molar-refractivity contribution in [3.05, 3.63) is 0 Å². The second-order valence-corrected chi connectivity index (χ2v) is 6.73. The molecule has 0 amide bonds. The molecular weight excluding hydrogens is 202 g/mol. The summed E-state index contributed by atoms with van der Waals surface area (Å²) in [6, 6.07) is 0.428. The third-order valence-electron chi connectivity index (χ3n) is 3.82. The molecule has 16 heavy (non-hydrogen) atoms. The van der Waals surface area contributed by atoms with E-state index in [-0.39, 0.29) is 11.0 Å². The molecule has 1 saturated heterocycles. The molecule has 3 atom stereocenters. The fourth-order valence-corrected chi connectivity index (χ4v) is 3.00. The van der Waals surface area contributed by atoms with Crippen LogP contribution in [0.2, 0.25) is 0 Å². The highest BCUT2D eigenvalue weighted by molar-refractivity contribution is 5.09.